The molecule has 0 spiro atoms. The Labute approximate surface area is 205 Å². The third-order valence-electron chi connectivity index (χ3n) is 5.88. The molecule has 6 nitrogen and oxygen atoms in total. The molecular weight excluding hydrogens is 502 g/mol. The van der Waals surface area contributed by atoms with E-state index in [2.05, 4.69) is 47.2 Å². The topological polar surface area (TPSA) is 78.8 Å². The molecule has 1 aliphatic carbocycles. The normalized spacial score (nSPS) is 15.8. The molecule has 178 valence electrons. The van der Waals surface area contributed by atoms with Gasteiger partial charge in [-0.05, 0) is 53.6 Å². The van der Waals surface area contributed by atoms with Crippen LogP contribution >= 0.6 is 15.9 Å². The molecule has 1 saturated carbocycles. The highest BCUT2D eigenvalue weighted by molar-refractivity contribution is 9.10. The number of hydrazone groups is 1. The van der Waals surface area contributed by atoms with E-state index < -0.39 is 15.9 Å². The van der Waals surface area contributed by atoms with Crippen LogP contribution in [0.5, 0.6) is 0 Å². The van der Waals surface area contributed by atoms with E-state index in [9.17, 15) is 13.2 Å². The molecule has 1 aliphatic rings. The lowest BCUT2D eigenvalue weighted by Gasteiger charge is -2.32. The average molecular weight is 535 g/mol. The third kappa shape index (κ3) is 6.98. The van der Waals surface area contributed by atoms with Crippen molar-refractivity contribution in [2.75, 3.05) is 6.54 Å². The van der Waals surface area contributed by atoms with Crippen LogP contribution in [0.25, 0.3) is 0 Å². The van der Waals surface area contributed by atoms with Gasteiger partial charge in [-0.25, -0.2) is 13.8 Å². The molecule has 0 saturated heterocycles. The van der Waals surface area contributed by atoms with Crippen LogP contribution in [-0.4, -0.2) is 37.4 Å². The van der Waals surface area contributed by atoms with E-state index in [-0.39, 0.29) is 22.9 Å². The highest BCUT2D eigenvalue weighted by atomic mass is 79.9. The molecule has 0 aromatic heterocycles. The Kier molecular flexibility index (Phi) is 8.48. The van der Waals surface area contributed by atoms with E-state index in [0.717, 1.165) is 42.1 Å². The smallest absolute Gasteiger partial charge is 0.255 e. The predicted octanol–water partition coefficient (Wildman–Crippen LogP) is 5.22. The minimum atomic E-state index is -3.81. The van der Waals surface area contributed by atoms with Crippen molar-refractivity contribution in [1.82, 2.24) is 9.73 Å². The van der Waals surface area contributed by atoms with Crippen LogP contribution in [-0.2, 0) is 20.2 Å². The van der Waals surface area contributed by atoms with Crippen LogP contribution < -0.4 is 5.43 Å². The number of nitrogens with one attached hydrogen (secondary N) is 1. The first kappa shape index (κ1) is 25.6. The molecule has 0 heterocycles. The Morgan fingerprint density at radius 3 is 2.24 bits per heavy atom. The molecule has 1 amide bonds. The number of rotatable bonds is 7. The fraction of sp³-hybridized carbons (Fsp3) is 0.440. The standard InChI is InChI=1S/C25H32BrN3O3S/c1-25(2,3)20-11-9-19(10-12-20)17-27-28-24(30)18-29(22-7-5-4-6-8-22)33(31,32)23-15-13-21(26)14-16-23/h9-17,22H,4-8,18H2,1-3H3,(H,28,30). The van der Waals surface area contributed by atoms with Crippen molar-refractivity contribution in [3.05, 3.63) is 64.1 Å². The van der Waals surface area contributed by atoms with Crippen LogP contribution in [0.15, 0.2) is 63.0 Å². The second-order valence-electron chi connectivity index (χ2n) is 9.46. The van der Waals surface area contributed by atoms with E-state index in [1.165, 1.54) is 9.87 Å². The van der Waals surface area contributed by atoms with Gasteiger partial charge in [0.2, 0.25) is 10.0 Å². The molecular formula is C25H32BrN3O3S. The molecule has 2 aromatic rings. The van der Waals surface area contributed by atoms with Gasteiger partial charge in [-0.1, -0.05) is 80.2 Å². The third-order valence-corrected chi connectivity index (χ3v) is 8.32. The first-order valence-corrected chi connectivity index (χ1v) is 13.5. The van der Waals surface area contributed by atoms with Gasteiger partial charge in [-0.15, -0.1) is 0 Å². The van der Waals surface area contributed by atoms with Gasteiger partial charge in [0.25, 0.3) is 5.91 Å². The van der Waals surface area contributed by atoms with E-state index >= 15 is 0 Å². The maximum Gasteiger partial charge on any atom is 0.255 e. The van der Waals surface area contributed by atoms with Crippen molar-refractivity contribution in [2.45, 2.75) is 69.2 Å². The average Bonchev–Trinajstić information content (AvgIpc) is 2.78. The van der Waals surface area contributed by atoms with Gasteiger partial charge in [-0.3, -0.25) is 4.79 Å². The summed E-state index contributed by atoms with van der Waals surface area (Å²) in [5.41, 5.74) is 4.63. The molecule has 33 heavy (non-hydrogen) atoms. The lowest BCUT2D eigenvalue weighted by atomic mass is 9.87. The summed E-state index contributed by atoms with van der Waals surface area (Å²) < 4.78 is 28.9. The SMILES string of the molecule is CC(C)(C)c1ccc(C=NNC(=O)CN(C2CCCCC2)S(=O)(=O)c2ccc(Br)cc2)cc1. The number of amides is 1. The minimum Gasteiger partial charge on any atom is -0.272 e. The molecule has 0 radical (unpaired) electrons. The summed E-state index contributed by atoms with van der Waals surface area (Å²) in [5, 5.41) is 4.05. The van der Waals surface area contributed by atoms with Crippen molar-refractivity contribution in [3.8, 4) is 0 Å². The number of carbonyl (C=O) groups excluding carboxylic acids is 1. The summed E-state index contributed by atoms with van der Waals surface area (Å²) in [4.78, 5) is 12.9. The molecule has 3 rings (SSSR count). The summed E-state index contributed by atoms with van der Waals surface area (Å²) in [7, 11) is -3.81. The van der Waals surface area contributed by atoms with E-state index in [1.54, 1.807) is 30.5 Å². The van der Waals surface area contributed by atoms with Crippen molar-refractivity contribution in [2.24, 2.45) is 5.10 Å². The highest BCUT2D eigenvalue weighted by Gasteiger charge is 2.33. The number of nitrogens with zero attached hydrogens (tertiary/aromatic N) is 2. The lowest BCUT2D eigenvalue weighted by molar-refractivity contribution is -0.121. The molecule has 0 aliphatic heterocycles. The van der Waals surface area contributed by atoms with Crippen LogP contribution in [0.2, 0.25) is 0 Å². The van der Waals surface area contributed by atoms with Crippen molar-refractivity contribution < 1.29 is 13.2 Å². The molecule has 1 fully saturated rings. The van der Waals surface area contributed by atoms with Gasteiger partial charge >= 0.3 is 0 Å². The van der Waals surface area contributed by atoms with Gasteiger partial charge in [-0.2, -0.15) is 9.41 Å². The fourth-order valence-corrected chi connectivity index (χ4v) is 5.85. The van der Waals surface area contributed by atoms with Crippen molar-refractivity contribution in [1.29, 1.82) is 0 Å². The van der Waals surface area contributed by atoms with Crippen LogP contribution in [0, 0.1) is 0 Å². The maximum absolute atomic E-state index is 13.4. The molecule has 0 bridgehead atoms. The largest absolute Gasteiger partial charge is 0.272 e. The van der Waals surface area contributed by atoms with Crippen LogP contribution in [0.3, 0.4) is 0 Å². The number of hydrogen-bond acceptors (Lipinski definition) is 4. The van der Waals surface area contributed by atoms with Gasteiger partial charge in [0, 0.05) is 10.5 Å². The van der Waals surface area contributed by atoms with Gasteiger partial charge in [0.1, 0.15) is 0 Å². The van der Waals surface area contributed by atoms with Crippen LogP contribution in [0.4, 0.5) is 0 Å². The summed E-state index contributed by atoms with van der Waals surface area (Å²) in [5.74, 6) is -0.455. The molecule has 1 N–H and O–H groups in total. The Morgan fingerprint density at radius 1 is 1.06 bits per heavy atom. The Bertz CT molecular complexity index is 1070. The predicted molar refractivity (Wildman–Crippen MR) is 136 cm³/mol. The Morgan fingerprint density at radius 2 is 1.67 bits per heavy atom. The first-order chi connectivity index (χ1) is 15.6. The van der Waals surface area contributed by atoms with E-state index in [1.807, 2.05) is 24.3 Å². The second kappa shape index (κ2) is 10.9. The van der Waals surface area contributed by atoms with Gasteiger partial charge < -0.3 is 0 Å². The number of benzene rings is 2. The van der Waals surface area contributed by atoms with Gasteiger partial charge in [0.05, 0.1) is 17.7 Å². The second-order valence-corrected chi connectivity index (χ2v) is 12.3. The number of halogens is 1. The molecule has 2 aromatic carbocycles. The minimum absolute atomic E-state index is 0.0623. The van der Waals surface area contributed by atoms with Crippen LogP contribution in [0.1, 0.15) is 64.0 Å². The molecule has 8 heteroatoms. The zero-order valence-corrected chi connectivity index (χ0v) is 21.8. The number of sulfonamides is 1. The van der Waals surface area contributed by atoms with E-state index in [4.69, 9.17) is 0 Å². The Hall–Kier alpha value is -2.03. The monoisotopic (exact) mass is 533 g/mol. The fourth-order valence-electron chi connectivity index (χ4n) is 3.95. The summed E-state index contributed by atoms with van der Waals surface area (Å²) >= 11 is 3.34. The zero-order chi connectivity index (χ0) is 24.1. The van der Waals surface area contributed by atoms with E-state index in [0.29, 0.717) is 0 Å². The number of carbonyl (C=O) groups is 1. The highest BCUT2D eigenvalue weighted by Crippen LogP contribution is 2.28. The maximum atomic E-state index is 13.4. The summed E-state index contributed by atoms with van der Waals surface area (Å²) in [6.45, 7) is 6.19. The quantitative estimate of drug-likeness (QED) is 0.391. The van der Waals surface area contributed by atoms with Crippen molar-refractivity contribution >= 4 is 38.1 Å². The number of hydrogen-bond donors (Lipinski definition) is 1. The Balaban J connectivity index is 1.71. The zero-order valence-electron chi connectivity index (χ0n) is 19.4. The molecule has 0 atom stereocenters. The summed E-state index contributed by atoms with van der Waals surface area (Å²) in [6.07, 6.45) is 6.09. The van der Waals surface area contributed by atoms with Gasteiger partial charge in [0.15, 0.2) is 0 Å². The molecule has 0 unspecified atom stereocenters. The first-order valence-electron chi connectivity index (χ1n) is 11.3. The van der Waals surface area contributed by atoms with Crippen molar-refractivity contribution in [3.63, 3.8) is 0 Å². The summed E-state index contributed by atoms with van der Waals surface area (Å²) in [6, 6.07) is 14.3. The lowest BCUT2D eigenvalue weighted by Crippen LogP contribution is -2.46.